The molecule has 0 saturated carbocycles. The van der Waals surface area contributed by atoms with Crippen LogP contribution in [0.25, 0.3) is 0 Å². The van der Waals surface area contributed by atoms with Gasteiger partial charge in [0.2, 0.25) is 5.95 Å². The van der Waals surface area contributed by atoms with Gasteiger partial charge in [0.1, 0.15) is 0 Å². The summed E-state index contributed by atoms with van der Waals surface area (Å²) >= 11 is 0. The summed E-state index contributed by atoms with van der Waals surface area (Å²) in [7, 11) is -3.96. The number of piperidine rings is 1. The van der Waals surface area contributed by atoms with Gasteiger partial charge in [-0.2, -0.15) is 0 Å². The summed E-state index contributed by atoms with van der Waals surface area (Å²) in [5.41, 5.74) is -0.0931. The lowest BCUT2D eigenvalue weighted by molar-refractivity contribution is -0.385. The summed E-state index contributed by atoms with van der Waals surface area (Å²) in [6, 6.07) is 4.85. The number of nitro benzene ring substituents is 1. The predicted octanol–water partition coefficient (Wildman–Crippen LogP) is 2.42. The summed E-state index contributed by atoms with van der Waals surface area (Å²) in [6.07, 6.45) is 4.94. The van der Waals surface area contributed by atoms with E-state index in [1.54, 1.807) is 0 Å². The van der Waals surface area contributed by atoms with Gasteiger partial charge in [-0.15, -0.1) is 0 Å². The number of nitrogens with zero attached hydrogens (tertiary/aromatic N) is 4. The highest BCUT2D eigenvalue weighted by Gasteiger charge is 2.20. The van der Waals surface area contributed by atoms with Crippen molar-refractivity contribution in [2.24, 2.45) is 5.92 Å². The van der Waals surface area contributed by atoms with Crippen LogP contribution in [0.4, 0.5) is 17.3 Å². The molecule has 0 unspecified atom stereocenters. The highest BCUT2D eigenvalue weighted by molar-refractivity contribution is 7.92. The molecule has 1 fully saturated rings. The van der Waals surface area contributed by atoms with Gasteiger partial charge in [0.05, 0.1) is 27.9 Å². The molecule has 26 heavy (non-hydrogen) atoms. The van der Waals surface area contributed by atoms with Gasteiger partial charge in [0, 0.05) is 25.2 Å². The second-order valence-electron chi connectivity index (χ2n) is 6.30. The fourth-order valence-corrected chi connectivity index (χ4v) is 3.79. The third kappa shape index (κ3) is 4.07. The van der Waals surface area contributed by atoms with Crippen LogP contribution in [0, 0.1) is 16.0 Å². The molecule has 1 aliphatic rings. The van der Waals surface area contributed by atoms with Crippen LogP contribution in [0.5, 0.6) is 0 Å². The van der Waals surface area contributed by atoms with Crippen LogP contribution in [0.1, 0.15) is 19.8 Å². The van der Waals surface area contributed by atoms with Gasteiger partial charge in [-0.3, -0.25) is 14.8 Å². The Labute approximate surface area is 151 Å². The monoisotopic (exact) mass is 377 g/mol. The Kier molecular flexibility index (Phi) is 5.03. The molecule has 1 N–H and O–H groups in total. The van der Waals surface area contributed by atoms with Gasteiger partial charge >= 0.3 is 0 Å². The first-order chi connectivity index (χ1) is 12.3. The van der Waals surface area contributed by atoms with Crippen molar-refractivity contribution in [3.05, 3.63) is 46.8 Å². The maximum Gasteiger partial charge on any atom is 0.270 e. The molecular weight excluding hydrogens is 358 g/mol. The first-order valence-corrected chi connectivity index (χ1v) is 9.68. The van der Waals surface area contributed by atoms with E-state index in [2.05, 4.69) is 26.5 Å². The number of rotatable bonds is 5. The highest BCUT2D eigenvalue weighted by Crippen LogP contribution is 2.22. The van der Waals surface area contributed by atoms with Crippen LogP contribution < -0.4 is 9.62 Å². The first kappa shape index (κ1) is 18.1. The Hall–Kier alpha value is -2.75. The molecular formula is C16H19N5O4S. The average Bonchev–Trinajstić information content (AvgIpc) is 2.63. The van der Waals surface area contributed by atoms with Crippen LogP contribution >= 0.6 is 0 Å². The van der Waals surface area contributed by atoms with Crippen LogP contribution in [0.2, 0.25) is 0 Å². The molecule has 2 heterocycles. The maximum absolute atomic E-state index is 12.4. The summed E-state index contributed by atoms with van der Waals surface area (Å²) < 4.78 is 27.1. The van der Waals surface area contributed by atoms with Crippen LogP contribution in [0.3, 0.4) is 0 Å². The van der Waals surface area contributed by atoms with Gasteiger partial charge in [-0.25, -0.2) is 18.4 Å². The minimum atomic E-state index is -3.96. The number of benzene rings is 1. The van der Waals surface area contributed by atoms with Crippen molar-refractivity contribution in [2.75, 3.05) is 22.7 Å². The van der Waals surface area contributed by atoms with Gasteiger partial charge in [0.25, 0.3) is 15.7 Å². The van der Waals surface area contributed by atoms with E-state index < -0.39 is 14.9 Å². The Morgan fingerprint density at radius 2 is 1.88 bits per heavy atom. The molecule has 0 spiro atoms. The number of aromatic nitrogens is 2. The maximum atomic E-state index is 12.4. The van der Waals surface area contributed by atoms with E-state index >= 15 is 0 Å². The molecule has 2 aromatic rings. The minimum Gasteiger partial charge on any atom is -0.341 e. The molecule has 0 atom stereocenters. The summed E-state index contributed by atoms with van der Waals surface area (Å²) in [6.45, 7) is 3.96. The van der Waals surface area contributed by atoms with Crippen molar-refractivity contribution in [3.63, 3.8) is 0 Å². The van der Waals surface area contributed by atoms with E-state index in [4.69, 9.17) is 0 Å². The van der Waals surface area contributed by atoms with Gasteiger partial charge in [-0.1, -0.05) is 13.0 Å². The van der Waals surface area contributed by atoms with Crippen LogP contribution in [0.15, 0.2) is 41.6 Å². The summed E-state index contributed by atoms with van der Waals surface area (Å²) in [5, 5.41) is 10.8. The van der Waals surface area contributed by atoms with E-state index in [0.717, 1.165) is 32.0 Å². The number of hydrogen-bond donors (Lipinski definition) is 1. The largest absolute Gasteiger partial charge is 0.341 e. The van der Waals surface area contributed by atoms with Crippen LogP contribution in [-0.4, -0.2) is 36.4 Å². The molecule has 138 valence electrons. The molecule has 1 aliphatic heterocycles. The van der Waals surface area contributed by atoms with Crippen molar-refractivity contribution in [1.29, 1.82) is 0 Å². The molecule has 10 heteroatoms. The smallest absolute Gasteiger partial charge is 0.270 e. The molecule has 9 nitrogen and oxygen atoms in total. The van der Waals surface area contributed by atoms with Crippen molar-refractivity contribution >= 4 is 27.3 Å². The minimum absolute atomic E-state index is 0.194. The molecule has 0 aliphatic carbocycles. The number of anilines is 2. The normalized spacial score (nSPS) is 15.7. The third-order valence-electron chi connectivity index (χ3n) is 4.30. The van der Waals surface area contributed by atoms with E-state index in [9.17, 15) is 18.5 Å². The number of nitrogens with one attached hydrogen (secondary N) is 1. The lowest BCUT2D eigenvalue weighted by atomic mass is 10.00. The molecule has 0 bridgehead atoms. The van der Waals surface area contributed by atoms with Crippen molar-refractivity contribution in [1.82, 2.24) is 9.97 Å². The van der Waals surface area contributed by atoms with Crippen molar-refractivity contribution in [2.45, 2.75) is 24.7 Å². The number of hydrogen-bond acceptors (Lipinski definition) is 7. The second-order valence-corrected chi connectivity index (χ2v) is 7.98. The SMILES string of the molecule is CC1CCN(c2ncc(NS(=O)(=O)c3cccc([N+](=O)[O-])c3)cn2)CC1. The Morgan fingerprint density at radius 3 is 2.50 bits per heavy atom. The van der Waals surface area contributed by atoms with E-state index in [0.29, 0.717) is 11.9 Å². The zero-order valence-electron chi connectivity index (χ0n) is 14.2. The third-order valence-corrected chi connectivity index (χ3v) is 5.67. The lowest BCUT2D eigenvalue weighted by Crippen LogP contribution is -2.34. The molecule has 3 rings (SSSR count). The fourth-order valence-electron chi connectivity index (χ4n) is 2.72. The average molecular weight is 377 g/mol. The number of non-ortho nitro benzene ring substituents is 1. The second kappa shape index (κ2) is 7.24. The molecule has 1 saturated heterocycles. The fraction of sp³-hybridized carbons (Fsp3) is 0.375. The Bertz CT molecular complexity index is 893. The zero-order chi connectivity index (χ0) is 18.7. The lowest BCUT2D eigenvalue weighted by Gasteiger charge is -2.30. The molecule has 1 aromatic carbocycles. The van der Waals surface area contributed by atoms with Crippen molar-refractivity contribution < 1.29 is 13.3 Å². The van der Waals surface area contributed by atoms with E-state index in [-0.39, 0.29) is 16.3 Å². The summed E-state index contributed by atoms with van der Waals surface area (Å²) in [4.78, 5) is 20.5. The number of nitro groups is 1. The standard InChI is InChI=1S/C16H19N5O4S/c1-12-5-7-20(8-6-12)16-17-10-13(11-18-16)19-26(24,25)15-4-2-3-14(9-15)21(22)23/h2-4,9-12,19H,5-8H2,1H3. The molecule has 1 aromatic heterocycles. The van der Waals surface area contributed by atoms with Gasteiger partial charge in [-0.05, 0) is 24.8 Å². The molecule has 0 amide bonds. The molecule has 0 radical (unpaired) electrons. The Morgan fingerprint density at radius 1 is 1.23 bits per heavy atom. The zero-order valence-corrected chi connectivity index (χ0v) is 15.0. The number of sulfonamides is 1. The highest BCUT2D eigenvalue weighted by atomic mass is 32.2. The quantitative estimate of drug-likeness (QED) is 0.628. The topological polar surface area (TPSA) is 118 Å². The van der Waals surface area contributed by atoms with Crippen molar-refractivity contribution in [3.8, 4) is 0 Å². The van der Waals surface area contributed by atoms with Crippen LogP contribution in [-0.2, 0) is 10.0 Å². The van der Waals surface area contributed by atoms with Gasteiger partial charge in [0.15, 0.2) is 0 Å². The van der Waals surface area contributed by atoms with E-state index in [1.165, 1.54) is 30.6 Å². The predicted molar refractivity (Wildman–Crippen MR) is 96.5 cm³/mol. The first-order valence-electron chi connectivity index (χ1n) is 8.19. The van der Waals surface area contributed by atoms with Gasteiger partial charge < -0.3 is 4.90 Å². The Balaban J connectivity index is 1.74. The summed E-state index contributed by atoms with van der Waals surface area (Å²) in [5.74, 6) is 1.25. The van der Waals surface area contributed by atoms with E-state index in [1.807, 2.05) is 0 Å².